The number of alkyl halides is 3. The molecule has 0 saturated heterocycles. The number of nitrogens with one attached hydrogen (secondary N) is 2. The molecule has 3 rings (SSSR count). The van der Waals surface area contributed by atoms with Gasteiger partial charge >= 0.3 is 18.2 Å². The predicted octanol–water partition coefficient (Wildman–Crippen LogP) is 3.44. The van der Waals surface area contributed by atoms with E-state index in [1.54, 1.807) is 5.32 Å². The average molecular weight is 474 g/mol. The Hall–Kier alpha value is -4.00. The highest BCUT2D eigenvalue weighted by Gasteiger charge is 2.47. The first-order chi connectivity index (χ1) is 16.1. The molecule has 1 aliphatic carbocycles. The van der Waals surface area contributed by atoms with Crippen molar-refractivity contribution in [3.05, 3.63) is 59.7 Å². The lowest BCUT2D eigenvalue weighted by atomic mass is 9.98. The second-order valence-electron chi connectivity index (χ2n) is 7.47. The van der Waals surface area contributed by atoms with Gasteiger partial charge in [-0.25, -0.2) is 9.59 Å². The lowest BCUT2D eigenvalue weighted by Gasteiger charge is -2.23. The van der Waals surface area contributed by atoms with Crippen LogP contribution < -0.4 is 10.6 Å². The number of hydrogen-bond donors (Lipinski definition) is 3. The van der Waals surface area contributed by atoms with Crippen molar-refractivity contribution in [1.29, 1.82) is 0 Å². The molecule has 0 radical (unpaired) electrons. The number of aliphatic carboxylic acids is 1. The Balaban J connectivity index is 1.69. The number of carboxylic acids is 1. The van der Waals surface area contributed by atoms with Crippen LogP contribution in [0.1, 0.15) is 30.4 Å². The summed E-state index contributed by atoms with van der Waals surface area (Å²) in [4.78, 5) is 35.6. The molecule has 3 N–H and O–H groups in total. The van der Waals surface area contributed by atoms with Gasteiger partial charge in [-0.1, -0.05) is 48.5 Å². The van der Waals surface area contributed by atoms with Crippen LogP contribution in [0.25, 0.3) is 11.1 Å². The molecule has 34 heavy (non-hydrogen) atoms. The zero-order valence-corrected chi connectivity index (χ0v) is 18.0. The van der Waals surface area contributed by atoms with Crippen molar-refractivity contribution >= 4 is 18.0 Å². The first-order valence-corrected chi connectivity index (χ1v) is 10.2. The maximum atomic E-state index is 13.5. The van der Waals surface area contributed by atoms with Crippen LogP contribution in [0.3, 0.4) is 0 Å². The molecule has 2 aromatic rings. The standard InChI is InChI=1S/C24H21F3N2O5/c1-2-3-12-19(22(31)32)28-21(30)20(24(25,26)27)29-23(33)34-13-18-16-10-6-4-8-14(16)15-9-5-7-11-17(15)18/h4-11,18-20H,12-13H2,1H3,(H,28,30)(H,29,33)(H,31,32). The van der Waals surface area contributed by atoms with Gasteiger partial charge in [-0.15, -0.1) is 11.8 Å². The number of halogens is 3. The topological polar surface area (TPSA) is 105 Å². The van der Waals surface area contributed by atoms with Crippen LogP contribution in [-0.4, -0.2) is 47.9 Å². The molecule has 2 unspecified atom stereocenters. The Labute approximate surface area is 193 Å². The molecule has 0 aliphatic heterocycles. The maximum absolute atomic E-state index is 13.5. The van der Waals surface area contributed by atoms with Gasteiger partial charge in [0.05, 0.1) is 0 Å². The molecular formula is C24H21F3N2O5. The van der Waals surface area contributed by atoms with Crippen LogP contribution >= 0.6 is 0 Å². The van der Waals surface area contributed by atoms with Crippen molar-refractivity contribution in [1.82, 2.24) is 10.6 Å². The quantitative estimate of drug-likeness (QED) is 0.534. The summed E-state index contributed by atoms with van der Waals surface area (Å²) in [6, 6.07) is 10.2. The number of ether oxygens (including phenoxy) is 1. The number of hydrogen-bond acceptors (Lipinski definition) is 4. The monoisotopic (exact) mass is 474 g/mol. The first kappa shape index (κ1) is 24.6. The number of rotatable bonds is 7. The zero-order chi connectivity index (χ0) is 24.9. The Bertz CT molecular complexity index is 1110. The van der Waals surface area contributed by atoms with E-state index in [2.05, 4.69) is 11.8 Å². The molecule has 0 aromatic heterocycles. The Morgan fingerprint density at radius 3 is 2.09 bits per heavy atom. The van der Waals surface area contributed by atoms with E-state index in [0.717, 1.165) is 22.3 Å². The highest BCUT2D eigenvalue weighted by Crippen LogP contribution is 2.44. The van der Waals surface area contributed by atoms with Gasteiger partial charge in [0.1, 0.15) is 12.6 Å². The van der Waals surface area contributed by atoms with Gasteiger partial charge in [0.25, 0.3) is 5.91 Å². The minimum atomic E-state index is -5.19. The summed E-state index contributed by atoms with van der Waals surface area (Å²) < 4.78 is 45.5. The minimum absolute atomic E-state index is 0.254. The summed E-state index contributed by atoms with van der Waals surface area (Å²) in [5.41, 5.74) is 3.61. The predicted molar refractivity (Wildman–Crippen MR) is 116 cm³/mol. The SMILES string of the molecule is CC#CCC(NC(=O)C(NC(=O)OCC1c2ccccc2-c2ccccc21)C(F)(F)F)C(=O)O. The second-order valence-corrected chi connectivity index (χ2v) is 7.47. The fourth-order valence-corrected chi connectivity index (χ4v) is 3.71. The molecule has 0 heterocycles. The molecule has 10 heteroatoms. The summed E-state index contributed by atoms with van der Waals surface area (Å²) in [6.07, 6.45) is -7.04. The highest BCUT2D eigenvalue weighted by molar-refractivity contribution is 5.90. The molecular weight excluding hydrogens is 453 g/mol. The lowest BCUT2D eigenvalue weighted by Crippen LogP contribution is -2.57. The number of fused-ring (bicyclic) bond motifs is 3. The number of carbonyl (C=O) groups excluding carboxylic acids is 2. The molecule has 1 aliphatic rings. The van der Waals surface area contributed by atoms with Crippen LogP contribution in [0.4, 0.5) is 18.0 Å². The van der Waals surface area contributed by atoms with Gasteiger partial charge in [-0.05, 0) is 29.2 Å². The summed E-state index contributed by atoms with van der Waals surface area (Å²) in [7, 11) is 0. The van der Waals surface area contributed by atoms with E-state index >= 15 is 0 Å². The van der Waals surface area contributed by atoms with Gasteiger partial charge in [-0.2, -0.15) is 13.2 Å². The Morgan fingerprint density at radius 1 is 1.03 bits per heavy atom. The third kappa shape index (κ3) is 5.49. The second kappa shape index (κ2) is 10.3. The van der Waals surface area contributed by atoms with Crippen LogP contribution in [0.5, 0.6) is 0 Å². The van der Waals surface area contributed by atoms with E-state index in [1.807, 2.05) is 48.5 Å². The van der Waals surface area contributed by atoms with Gasteiger partial charge in [0, 0.05) is 12.3 Å². The van der Waals surface area contributed by atoms with Crippen LogP contribution in [0.15, 0.2) is 48.5 Å². The van der Waals surface area contributed by atoms with Crippen molar-refractivity contribution in [3.8, 4) is 23.0 Å². The normalized spacial score (nSPS) is 14.0. The molecule has 2 aromatic carbocycles. The maximum Gasteiger partial charge on any atom is 0.417 e. The van der Waals surface area contributed by atoms with Crippen LogP contribution in [-0.2, 0) is 14.3 Å². The zero-order valence-electron chi connectivity index (χ0n) is 18.0. The third-order valence-corrected chi connectivity index (χ3v) is 5.29. The Kier molecular flexibility index (Phi) is 7.46. The summed E-state index contributed by atoms with van der Waals surface area (Å²) >= 11 is 0. The van der Waals surface area contributed by atoms with E-state index in [0.29, 0.717) is 0 Å². The van der Waals surface area contributed by atoms with Crippen molar-refractivity contribution in [2.24, 2.45) is 0 Å². The molecule has 0 spiro atoms. The Morgan fingerprint density at radius 2 is 1.59 bits per heavy atom. The largest absolute Gasteiger partial charge is 0.480 e. The molecule has 178 valence electrons. The minimum Gasteiger partial charge on any atom is -0.480 e. The number of amides is 2. The molecule has 0 saturated carbocycles. The van der Waals surface area contributed by atoms with E-state index < -0.39 is 42.7 Å². The molecule has 0 bridgehead atoms. The molecule has 2 atom stereocenters. The van der Waals surface area contributed by atoms with Crippen LogP contribution in [0, 0.1) is 11.8 Å². The van der Waals surface area contributed by atoms with Crippen molar-refractivity contribution in [2.75, 3.05) is 6.61 Å². The van der Waals surface area contributed by atoms with Gasteiger partial charge in [0.2, 0.25) is 6.04 Å². The number of benzene rings is 2. The fraction of sp³-hybridized carbons (Fsp3) is 0.292. The van der Waals surface area contributed by atoms with E-state index in [-0.39, 0.29) is 12.5 Å². The van der Waals surface area contributed by atoms with Crippen molar-refractivity contribution < 1.29 is 37.4 Å². The summed E-state index contributed by atoms with van der Waals surface area (Å²) in [6.45, 7) is 1.16. The van der Waals surface area contributed by atoms with Gasteiger partial charge in [0.15, 0.2) is 0 Å². The lowest BCUT2D eigenvalue weighted by molar-refractivity contribution is -0.169. The van der Waals surface area contributed by atoms with Gasteiger partial charge in [-0.3, -0.25) is 4.79 Å². The van der Waals surface area contributed by atoms with Gasteiger partial charge < -0.3 is 20.5 Å². The van der Waals surface area contributed by atoms with Crippen molar-refractivity contribution in [3.63, 3.8) is 0 Å². The van der Waals surface area contributed by atoms with E-state index in [4.69, 9.17) is 9.84 Å². The average Bonchev–Trinajstić information content (AvgIpc) is 3.11. The summed E-state index contributed by atoms with van der Waals surface area (Å²) in [5.74, 6) is 1.11. The molecule has 0 fully saturated rings. The number of carbonyl (C=O) groups is 3. The highest BCUT2D eigenvalue weighted by atomic mass is 19.4. The third-order valence-electron chi connectivity index (χ3n) is 5.29. The first-order valence-electron chi connectivity index (χ1n) is 10.2. The number of carboxylic acid groups (broad SMARTS) is 1. The fourth-order valence-electron chi connectivity index (χ4n) is 3.71. The van der Waals surface area contributed by atoms with E-state index in [9.17, 15) is 27.6 Å². The molecule has 7 nitrogen and oxygen atoms in total. The molecule has 2 amide bonds. The van der Waals surface area contributed by atoms with Crippen LogP contribution in [0.2, 0.25) is 0 Å². The summed E-state index contributed by atoms with van der Waals surface area (Å²) in [5, 5.41) is 12.4. The number of alkyl carbamates (subject to hydrolysis) is 1. The van der Waals surface area contributed by atoms with E-state index in [1.165, 1.54) is 12.2 Å². The van der Waals surface area contributed by atoms with Crippen molar-refractivity contribution in [2.45, 2.75) is 37.5 Å². The smallest absolute Gasteiger partial charge is 0.417 e.